The number of ketones is 1. The Kier molecular flexibility index (Phi) is 5.10. The standard InChI is InChI=1S/C17H17NO3/c1-13(19)18-11-17(20)15-7-9-16(10-8-15)21-12-14-5-3-2-4-6-14/h2-10H,11-12H2,1H3,(H,18,19). The number of Topliss-reactive ketones (excluding diaryl/α,β-unsaturated/α-hetero) is 1. The second-order valence-electron chi connectivity index (χ2n) is 4.63. The fourth-order valence-corrected chi connectivity index (χ4v) is 1.78. The number of hydrogen-bond acceptors (Lipinski definition) is 3. The number of benzene rings is 2. The zero-order valence-corrected chi connectivity index (χ0v) is 11.8. The molecule has 1 N–H and O–H groups in total. The van der Waals surface area contributed by atoms with Crippen molar-refractivity contribution >= 4 is 11.7 Å². The molecule has 21 heavy (non-hydrogen) atoms. The number of rotatable bonds is 6. The van der Waals surface area contributed by atoms with Crippen LogP contribution in [-0.2, 0) is 11.4 Å². The van der Waals surface area contributed by atoms with Gasteiger partial charge in [0.1, 0.15) is 12.4 Å². The summed E-state index contributed by atoms with van der Waals surface area (Å²) in [6.07, 6.45) is 0. The summed E-state index contributed by atoms with van der Waals surface area (Å²) in [5.41, 5.74) is 1.64. The highest BCUT2D eigenvalue weighted by Crippen LogP contribution is 2.14. The summed E-state index contributed by atoms with van der Waals surface area (Å²) in [5, 5.41) is 2.49. The van der Waals surface area contributed by atoms with E-state index in [1.165, 1.54) is 6.92 Å². The molecule has 0 atom stereocenters. The van der Waals surface area contributed by atoms with E-state index in [0.29, 0.717) is 17.9 Å². The summed E-state index contributed by atoms with van der Waals surface area (Å²) < 4.78 is 5.64. The molecule has 0 bridgehead atoms. The molecule has 0 aliphatic rings. The molecule has 0 aliphatic carbocycles. The van der Waals surface area contributed by atoms with Gasteiger partial charge in [-0.1, -0.05) is 30.3 Å². The van der Waals surface area contributed by atoms with Gasteiger partial charge in [0.05, 0.1) is 6.54 Å². The van der Waals surface area contributed by atoms with Crippen molar-refractivity contribution in [3.63, 3.8) is 0 Å². The zero-order valence-electron chi connectivity index (χ0n) is 11.8. The van der Waals surface area contributed by atoms with Gasteiger partial charge in [0.25, 0.3) is 0 Å². The van der Waals surface area contributed by atoms with Gasteiger partial charge < -0.3 is 10.1 Å². The molecule has 0 aromatic heterocycles. The quantitative estimate of drug-likeness (QED) is 0.829. The molecule has 0 saturated heterocycles. The van der Waals surface area contributed by atoms with Crippen molar-refractivity contribution in [2.75, 3.05) is 6.54 Å². The van der Waals surface area contributed by atoms with Gasteiger partial charge in [-0.15, -0.1) is 0 Å². The zero-order chi connectivity index (χ0) is 15.1. The van der Waals surface area contributed by atoms with Crippen molar-refractivity contribution in [1.29, 1.82) is 0 Å². The van der Waals surface area contributed by atoms with Crippen LogP contribution in [0, 0.1) is 0 Å². The van der Waals surface area contributed by atoms with Crippen molar-refractivity contribution in [3.8, 4) is 5.75 Å². The molecule has 0 fully saturated rings. The monoisotopic (exact) mass is 283 g/mol. The molecule has 0 radical (unpaired) electrons. The Bertz CT molecular complexity index is 606. The maximum atomic E-state index is 11.8. The van der Waals surface area contributed by atoms with Crippen LogP contribution in [0.4, 0.5) is 0 Å². The van der Waals surface area contributed by atoms with E-state index in [0.717, 1.165) is 5.56 Å². The van der Waals surface area contributed by atoms with Gasteiger partial charge in [-0.05, 0) is 29.8 Å². The van der Waals surface area contributed by atoms with Crippen LogP contribution in [-0.4, -0.2) is 18.2 Å². The van der Waals surface area contributed by atoms with Crippen molar-refractivity contribution in [1.82, 2.24) is 5.32 Å². The summed E-state index contributed by atoms with van der Waals surface area (Å²) in [7, 11) is 0. The molecular weight excluding hydrogens is 266 g/mol. The Morgan fingerprint density at radius 3 is 2.29 bits per heavy atom. The predicted molar refractivity (Wildman–Crippen MR) is 80.2 cm³/mol. The Labute approximate surface area is 123 Å². The summed E-state index contributed by atoms with van der Waals surface area (Å²) >= 11 is 0. The molecule has 2 aromatic carbocycles. The van der Waals surface area contributed by atoms with E-state index < -0.39 is 0 Å². The maximum absolute atomic E-state index is 11.8. The average Bonchev–Trinajstić information content (AvgIpc) is 2.52. The number of nitrogens with one attached hydrogen (secondary N) is 1. The molecule has 2 rings (SSSR count). The highest BCUT2D eigenvalue weighted by Gasteiger charge is 2.06. The van der Waals surface area contributed by atoms with Crippen molar-refractivity contribution < 1.29 is 14.3 Å². The van der Waals surface area contributed by atoms with Crippen LogP contribution in [0.15, 0.2) is 54.6 Å². The minimum Gasteiger partial charge on any atom is -0.489 e. The highest BCUT2D eigenvalue weighted by atomic mass is 16.5. The predicted octanol–water partition coefficient (Wildman–Crippen LogP) is 2.58. The fourth-order valence-electron chi connectivity index (χ4n) is 1.78. The molecule has 0 heterocycles. The molecule has 4 heteroatoms. The number of carbonyl (C=O) groups is 2. The Hall–Kier alpha value is -2.62. The first kappa shape index (κ1) is 14.8. The lowest BCUT2D eigenvalue weighted by molar-refractivity contribution is -0.118. The van der Waals surface area contributed by atoms with Gasteiger partial charge >= 0.3 is 0 Å². The minimum absolute atomic E-state index is 0.0134. The topological polar surface area (TPSA) is 55.4 Å². The van der Waals surface area contributed by atoms with E-state index in [9.17, 15) is 9.59 Å². The number of ether oxygens (including phenoxy) is 1. The lowest BCUT2D eigenvalue weighted by atomic mass is 10.1. The Balaban J connectivity index is 1.89. The van der Waals surface area contributed by atoms with E-state index in [4.69, 9.17) is 4.74 Å². The van der Waals surface area contributed by atoms with Gasteiger partial charge in [0.15, 0.2) is 5.78 Å². The van der Waals surface area contributed by atoms with Gasteiger partial charge in [-0.25, -0.2) is 0 Å². The van der Waals surface area contributed by atoms with Gasteiger partial charge in [0.2, 0.25) is 5.91 Å². The van der Waals surface area contributed by atoms with E-state index in [1.54, 1.807) is 24.3 Å². The first-order valence-electron chi connectivity index (χ1n) is 6.69. The van der Waals surface area contributed by atoms with Crippen LogP contribution in [0.3, 0.4) is 0 Å². The summed E-state index contributed by atoms with van der Waals surface area (Å²) in [5.74, 6) is 0.362. The third-order valence-corrected chi connectivity index (χ3v) is 2.92. The molecule has 1 amide bonds. The van der Waals surface area contributed by atoms with E-state index in [2.05, 4.69) is 5.32 Å². The van der Waals surface area contributed by atoms with Crippen molar-refractivity contribution in [2.24, 2.45) is 0 Å². The molecule has 0 unspecified atom stereocenters. The molecule has 0 aliphatic heterocycles. The summed E-state index contributed by atoms with van der Waals surface area (Å²) in [4.78, 5) is 22.6. The number of hydrogen-bond donors (Lipinski definition) is 1. The molecule has 0 spiro atoms. The second kappa shape index (κ2) is 7.24. The van der Waals surface area contributed by atoms with Crippen LogP contribution >= 0.6 is 0 Å². The van der Waals surface area contributed by atoms with Crippen molar-refractivity contribution in [3.05, 3.63) is 65.7 Å². The van der Waals surface area contributed by atoms with Crippen LogP contribution in [0.25, 0.3) is 0 Å². The number of carbonyl (C=O) groups excluding carboxylic acids is 2. The van der Waals surface area contributed by atoms with Crippen LogP contribution in [0.1, 0.15) is 22.8 Å². The molecule has 2 aromatic rings. The lowest BCUT2D eigenvalue weighted by Crippen LogP contribution is -2.27. The fraction of sp³-hybridized carbons (Fsp3) is 0.176. The van der Waals surface area contributed by atoms with E-state index >= 15 is 0 Å². The van der Waals surface area contributed by atoms with Crippen LogP contribution in [0.5, 0.6) is 5.75 Å². The Morgan fingerprint density at radius 1 is 1.00 bits per heavy atom. The lowest BCUT2D eigenvalue weighted by Gasteiger charge is -2.07. The SMILES string of the molecule is CC(=O)NCC(=O)c1ccc(OCc2ccccc2)cc1. The smallest absolute Gasteiger partial charge is 0.217 e. The largest absolute Gasteiger partial charge is 0.489 e. The minimum atomic E-state index is -0.217. The molecular formula is C17H17NO3. The number of amides is 1. The first-order valence-corrected chi connectivity index (χ1v) is 6.69. The van der Waals surface area contributed by atoms with Gasteiger partial charge in [-0.3, -0.25) is 9.59 Å². The van der Waals surface area contributed by atoms with Crippen molar-refractivity contribution in [2.45, 2.75) is 13.5 Å². The average molecular weight is 283 g/mol. The first-order chi connectivity index (χ1) is 10.1. The summed E-state index contributed by atoms with van der Waals surface area (Å²) in [6, 6.07) is 16.8. The highest BCUT2D eigenvalue weighted by molar-refractivity contribution is 5.99. The maximum Gasteiger partial charge on any atom is 0.217 e. The molecule has 4 nitrogen and oxygen atoms in total. The molecule has 0 saturated carbocycles. The summed E-state index contributed by atoms with van der Waals surface area (Å²) in [6.45, 7) is 1.88. The molecule has 108 valence electrons. The van der Waals surface area contributed by atoms with Gasteiger partial charge in [-0.2, -0.15) is 0 Å². The third kappa shape index (κ3) is 4.76. The van der Waals surface area contributed by atoms with Crippen LogP contribution in [0.2, 0.25) is 0 Å². The van der Waals surface area contributed by atoms with E-state index in [1.807, 2.05) is 30.3 Å². The van der Waals surface area contributed by atoms with Gasteiger partial charge in [0, 0.05) is 12.5 Å². The third-order valence-electron chi connectivity index (χ3n) is 2.92. The van der Waals surface area contributed by atoms with E-state index in [-0.39, 0.29) is 18.2 Å². The Morgan fingerprint density at radius 2 is 1.67 bits per heavy atom. The second-order valence-corrected chi connectivity index (χ2v) is 4.63. The normalized spacial score (nSPS) is 9.95. The van der Waals surface area contributed by atoms with Crippen LogP contribution < -0.4 is 10.1 Å².